The number of nitrogens with two attached hydrogens (primary N) is 2. The molecule has 116 valence electrons. The molecule has 1 atom stereocenters. The summed E-state index contributed by atoms with van der Waals surface area (Å²) >= 11 is 0. The summed E-state index contributed by atoms with van der Waals surface area (Å²) in [5, 5.41) is 0. The van der Waals surface area contributed by atoms with Crippen LogP contribution in [0.2, 0.25) is 0 Å². The van der Waals surface area contributed by atoms with Gasteiger partial charge in [-0.3, -0.25) is 4.79 Å². The van der Waals surface area contributed by atoms with E-state index >= 15 is 0 Å². The molecule has 7 heteroatoms. The molecule has 2 rings (SSSR count). The van der Waals surface area contributed by atoms with Crippen LogP contribution in [0, 0.1) is 0 Å². The minimum atomic E-state index is -3.28. The van der Waals surface area contributed by atoms with Crippen molar-refractivity contribution in [2.45, 2.75) is 18.9 Å². The average molecular weight is 311 g/mol. The van der Waals surface area contributed by atoms with Gasteiger partial charge in [0.25, 0.3) is 0 Å². The lowest BCUT2D eigenvalue weighted by Crippen LogP contribution is -2.45. The Morgan fingerprint density at radius 3 is 2.71 bits per heavy atom. The van der Waals surface area contributed by atoms with E-state index in [2.05, 4.69) is 0 Å². The molecule has 1 unspecified atom stereocenters. The van der Waals surface area contributed by atoms with Crippen LogP contribution in [0.5, 0.6) is 0 Å². The third-order valence-corrected chi connectivity index (χ3v) is 5.23. The number of nitrogens with zero attached hydrogens (tertiary/aromatic N) is 1. The molecule has 6 nitrogen and oxygen atoms in total. The molecule has 1 aliphatic rings. The van der Waals surface area contributed by atoms with E-state index in [1.165, 1.54) is 0 Å². The largest absolute Gasteiger partial charge is 0.370 e. The van der Waals surface area contributed by atoms with Crippen LogP contribution in [0.25, 0.3) is 0 Å². The number of carbonyl (C=O) groups is 1. The number of anilines is 1. The second-order valence-electron chi connectivity index (χ2n) is 5.41. The summed E-state index contributed by atoms with van der Waals surface area (Å²) in [6.07, 6.45) is 0.680. The molecule has 21 heavy (non-hydrogen) atoms. The molecular weight excluding hydrogens is 290 g/mol. The normalized spacial score (nSPS) is 18.3. The van der Waals surface area contributed by atoms with Gasteiger partial charge in [0, 0.05) is 31.2 Å². The molecule has 1 aliphatic heterocycles. The summed E-state index contributed by atoms with van der Waals surface area (Å²) in [4.78, 5) is 12.7. The van der Waals surface area contributed by atoms with E-state index in [4.69, 9.17) is 11.5 Å². The van der Waals surface area contributed by atoms with Crippen LogP contribution < -0.4 is 16.4 Å². The highest BCUT2D eigenvalue weighted by molar-refractivity contribution is 7.91. The highest BCUT2D eigenvalue weighted by Gasteiger charge is 2.23. The van der Waals surface area contributed by atoms with Gasteiger partial charge in [0.15, 0.2) is 9.84 Å². The van der Waals surface area contributed by atoms with E-state index in [1.54, 1.807) is 0 Å². The molecule has 0 saturated carbocycles. The number of carbonyl (C=O) groups excluding carboxylic acids is 1. The number of hydrogen-bond acceptors (Lipinski definition) is 5. The maximum atomic E-state index is 11.9. The van der Waals surface area contributed by atoms with E-state index < -0.39 is 15.7 Å². The van der Waals surface area contributed by atoms with Crippen LogP contribution in [-0.2, 0) is 21.1 Å². The first-order valence-electron chi connectivity index (χ1n) is 6.94. The van der Waals surface area contributed by atoms with E-state index in [1.807, 2.05) is 29.2 Å². The zero-order valence-electron chi connectivity index (χ0n) is 11.9. The predicted molar refractivity (Wildman–Crippen MR) is 82.8 cm³/mol. The number of benzene rings is 1. The molecule has 0 fully saturated rings. The monoisotopic (exact) mass is 311 g/mol. The van der Waals surface area contributed by atoms with Crippen molar-refractivity contribution in [1.82, 2.24) is 0 Å². The van der Waals surface area contributed by atoms with E-state index in [0.717, 1.165) is 17.7 Å². The van der Waals surface area contributed by atoms with Gasteiger partial charge in [0.2, 0.25) is 5.91 Å². The molecule has 0 radical (unpaired) electrons. The van der Waals surface area contributed by atoms with Crippen molar-refractivity contribution in [3.05, 3.63) is 29.8 Å². The van der Waals surface area contributed by atoms with Crippen molar-refractivity contribution in [3.63, 3.8) is 0 Å². The van der Waals surface area contributed by atoms with Crippen molar-refractivity contribution in [2.75, 3.05) is 29.5 Å². The molecule has 1 aromatic carbocycles. The molecule has 0 bridgehead atoms. The number of hydrogen-bond donors (Lipinski definition) is 2. The Kier molecular flexibility index (Phi) is 4.84. The molecule has 1 amide bonds. The molecular formula is C14H21N3O3S. The second-order valence-corrected chi connectivity index (χ2v) is 7.71. The van der Waals surface area contributed by atoms with Crippen LogP contribution >= 0.6 is 0 Å². The van der Waals surface area contributed by atoms with Crippen molar-refractivity contribution in [1.29, 1.82) is 0 Å². The lowest BCUT2D eigenvalue weighted by molar-refractivity contribution is -0.117. The Morgan fingerprint density at radius 2 is 2.00 bits per heavy atom. The summed E-state index contributed by atoms with van der Waals surface area (Å²) in [5.74, 6) is -0.783. The summed E-state index contributed by atoms with van der Waals surface area (Å²) in [6.45, 7) is 1.02. The highest BCUT2D eigenvalue weighted by atomic mass is 32.2. The Bertz CT molecular complexity index is 616. The average Bonchev–Trinajstić information content (AvgIpc) is 2.43. The first kappa shape index (κ1) is 15.8. The van der Waals surface area contributed by atoms with Gasteiger partial charge in [0.1, 0.15) is 0 Å². The Balaban J connectivity index is 2.02. The van der Waals surface area contributed by atoms with Crippen molar-refractivity contribution in [2.24, 2.45) is 11.5 Å². The van der Waals surface area contributed by atoms with Gasteiger partial charge < -0.3 is 16.4 Å². The minimum Gasteiger partial charge on any atom is -0.370 e. The van der Waals surface area contributed by atoms with Gasteiger partial charge in [-0.15, -0.1) is 0 Å². The second kappa shape index (κ2) is 6.44. The van der Waals surface area contributed by atoms with E-state index in [-0.39, 0.29) is 24.0 Å². The fraction of sp³-hybridized carbons (Fsp3) is 0.500. The summed E-state index contributed by atoms with van der Waals surface area (Å²) < 4.78 is 23.8. The Morgan fingerprint density at radius 1 is 1.29 bits per heavy atom. The maximum absolute atomic E-state index is 11.9. The van der Waals surface area contributed by atoms with E-state index in [9.17, 15) is 13.2 Å². The van der Waals surface area contributed by atoms with Crippen molar-refractivity contribution in [3.8, 4) is 0 Å². The van der Waals surface area contributed by atoms with Crippen molar-refractivity contribution >= 4 is 21.4 Å². The number of fused-ring (bicyclic) bond motifs is 1. The summed E-state index contributed by atoms with van der Waals surface area (Å²) in [7, 11) is -3.28. The van der Waals surface area contributed by atoms with Crippen LogP contribution in [0.4, 0.5) is 5.69 Å². The number of rotatable bonds is 6. The number of primary amides is 1. The molecule has 0 aromatic heterocycles. The van der Waals surface area contributed by atoms with Crippen LogP contribution in [0.3, 0.4) is 0 Å². The number of sulfone groups is 1. The Labute approximate surface area is 125 Å². The van der Waals surface area contributed by atoms with Gasteiger partial charge >= 0.3 is 0 Å². The standard InChI is InChI=1S/C14H21N3O3S/c15-12-9-11-3-1-2-4-13(11)17(10-12)6-8-21(19,20)7-5-14(16)18/h1-4,12H,5-10,15H2,(H2,16,18). The fourth-order valence-corrected chi connectivity index (χ4v) is 3.75. The van der Waals surface area contributed by atoms with Crippen LogP contribution in [0.15, 0.2) is 24.3 Å². The zero-order valence-corrected chi connectivity index (χ0v) is 12.7. The lowest BCUT2D eigenvalue weighted by Gasteiger charge is -2.34. The molecule has 0 saturated heterocycles. The van der Waals surface area contributed by atoms with Crippen molar-refractivity contribution < 1.29 is 13.2 Å². The smallest absolute Gasteiger partial charge is 0.218 e. The van der Waals surface area contributed by atoms with Gasteiger partial charge in [-0.05, 0) is 18.1 Å². The molecule has 4 N–H and O–H groups in total. The first-order chi connectivity index (χ1) is 9.87. The number of para-hydroxylation sites is 1. The van der Waals surface area contributed by atoms with Crippen LogP contribution in [-0.4, -0.2) is 45.0 Å². The summed E-state index contributed by atoms with van der Waals surface area (Å²) in [6, 6.07) is 7.90. The summed E-state index contributed by atoms with van der Waals surface area (Å²) in [5.41, 5.74) is 13.2. The molecule has 1 heterocycles. The minimum absolute atomic E-state index is 0.00132. The quantitative estimate of drug-likeness (QED) is 0.748. The van der Waals surface area contributed by atoms with Gasteiger partial charge in [-0.2, -0.15) is 0 Å². The lowest BCUT2D eigenvalue weighted by atomic mass is 9.99. The van der Waals surface area contributed by atoms with Gasteiger partial charge in [0.05, 0.1) is 11.5 Å². The third-order valence-electron chi connectivity index (χ3n) is 3.60. The number of amides is 1. The SMILES string of the molecule is NC(=O)CCS(=O)(=O)CCN1CC(N)Cc2ccccc21. The van der Waals surface area contributed by atoms with Gasteiger partial charge in [-0.1, -0.05) is 18.2 Å². The molecule has 1 aromatic rings. The van der Waals surface area contributed by atoms with Gasteiger partial charge in [-0.25, -0.2) is 8.42 Å². The zero-order chi connectivity index (χ0) is 15.5. The Hall–Kier alpha value is -1.60. The maximum Gasteiger partial charge on any atom is 0.218 e. The topological polar surface area (TPSA) is 106 Å². The molecule has 0 spiro atoms. The molecule has 0 aliphatic carbocycles. The highest BCUT2D eigenvalue weighted by Crippen LogP contribution is 2.26. The third kappa shape index (κ3) is 4.44. The fourth-order valence-electron chi connectivity index (χ4n) is 2.54. The first-order valence-corrected chi connectivity index (χ1v) is 8.77. The predicted octanol–water partition coefficient (Wildman–Crippen LogP) is -0.333. The van der Waals surface area contributed by atoms with Crippen LogP contribution in [0.1, 0.15) is 12.0 Å². The van der Waals surface area contributed by atoms with E-state index in [0.29, 0.717) is 13.1 Å².